The second kappa shape index (κ2) is 19.4. The molecule has 1 unspecified atom stereocenters. The molecule has 1 amide bonds. The quantitative estimate of drug-likeness (QED) is 0.0745. The molecule has 16 heteroatoms. The van der Waals surface area contributed by atoms with Crippen molar-refractivity contribution in [3.8, 4) is 0 Å². The van der Waals surface area contributed by atoms with Gasteiger partial charge in [-0.25, -0.2) is 9.59 Å². The van der Waals surface area contributed by atoms with Crippen LogP contribution in [0.1, 0.15) is 121 Å². The minimum Gasteiger partial charge on any atom is -0.456 e. The molecule has 2 heterocycles. The Balaban J connectivity index is 1.34. The third-order valence-electron chi connectivity index (χ3n) is 16.9. The van der Waals surface area contributed by atoms with E-state index in [1.165, 1.54) is 18.7 Å². The summed E-state index contributed by atoms with van der Waals surface area (Å²) in [6.07, 6.45) is -8.39. The molecule has 3 aliphatic carbocycles. The van der Waals surface area contributed by atoms with E-state index in [4.69, 9.17) is 32.8 Å². The predicted molar refractivity (Wildman–Crippen MR) is 265 cm³/mol. The molecule has 0 spiro atoms. The summed E-state index contributed by atoms with van der Waals surface area (Å²) in [6.45, 7) is 18.5. The van der Waals surface area contributed by atoms with Gasteiger partial charge in [0.1, 0.15) is 29.6 Å². The molecular formula is C56H69NO14Si. The number of Topliss-reactive ketones (excluding diaryl/α,β-unsaturated/α-hetero) is 1. The van der Waals surface area contributed by atoms with Gasteiger partial charge in [-0.1, -0.05) is 101 Å². The minimum atomic E-state index is -2.63. The second-order valence-electron chi connectivity index (χ2n) is 21.4. The third kappa shape index (κ3) is 8.53. The summed E-state index contributed by atoms with van der Waals surface area (Å²) in [6, 6.07) is 27.0. The molecule has 386 valence electrons. The largest absolute Gasteiger partial charge is 0.456 e. The fourth-order valence-corrected chi connectivity index (χ4v) is 15.8. The fraction of sp³-hybridized carbons (Fsp3) is 0.536. The molecule has 4 fully saturated rings. The Labute approximate surface area is 423 Å². The zero-order valence-electron chi connectivity index (χ0n) is 43.2. The van der Waals surface area contributed by atoms with Crippen molar-refractivity contribution < 1.29 is 66.7 Å². The first-order valence-corrected chi connectivity index (χ1v) is 27.7. The summed E-state index contributed by atoms with van der Waals surface area (Å²) >= 11 is 0. The SMILES string of the molecule is CC[Si](CC)(CC)O[C@H]1CC2OC[C@@]2(OC(C)=O)[C@H]2[C@H](OC(=O)c3ccccc3)[C@]3(O)C[C@H](OC(=O)[C@@H]4OC(C)(C)N(C(=O)c5ccccc5)[C@H]4c4ccccc4)C(C)=C([C@@H](OC(C)=O)C(=O)[C@]12C)C3(C)C. The highest BCUT2D eigenvalue weighted by molar-refractivity contribution is 6.73. The minimum absolute atomic E-state index is 0.0944. The Bertz CT molecular complexity index is 2610. The molecule has 0 aromatic heterocycles. The Kier molecular flexibility index (Phi) is 14.2. The first kappa shape index (κ1) is 52.8. The summed E-state index contributed by atoms with van der Waals surface area (Å²) in [4.78, 5) is 89.5. The van der Waals surface area contributed by atoms with Crippen LogP contribution in [0.25, 0.3) is 0 Å². The highest BCUT2D eigenvalue weighted by atomic mass is 28.4. The van der Waals surface area contributed by atoms with E-state index in [2.05, 4.69) is 20.8 Å². The van der Waals surface area contributed by atoms with Crippen molar-refractivity contribution >= 4 is 43.9 Å². The van der Waals surface area contributed by atoms with Crippen LogP contribution >= 0.6 is 0 Å². The van der Waals surface area contributed by atoms with Crippen LogP contribution < -0.4 is 0 Å². The number of rotatable bonds is 13. The van der Waals surface area contributed by atoms with Crippen molar-refractivity contribution in [3.05, 3.63) is 119 Å². The third-order valence-corrected chi connectivity index (χ3v) is 21.6. The van der Waals surface area contributed by atoms with E-state index in [0.717, 1.165) is 0 Å². The average molecular weight is 1010 g/mol. The highest BCUT2D eigenvalue weighted by Crippen LogP contribution is 2.65. The number of hydrogen-bond acceptors (Lipinski definition) is 14. The Morgan fingerprint density at radius 1 is 0.778 bits per heavy atom. The van der Waals surface area contributed by atoms with Gasteiger partial charge < -0.3 is 42.9 Å². The lowest BCUT2D eigenvalue weighted by atomic mass is 9.44. The molecule has 3 aromatic rings. The number of ether oxygens (including phenoxy) is 6. The maximum atomic E-state index is 16.5. The summed E-state index contributed by atoms with van der Waals surface area (Å²) in [5.41, 5.74) is -7.21. The van der Waals surface area contributed by atoms with Crippen LogP contribution in [0, 0.1) is 16.7 Å². The molecule has 0 radical (unpaired) electrons. The molecule has 2 saturated carbocycles. The number of aliphatic hydroxyl groups is 1. The maximum absolute atomic E-state index is 16.5. The molecule has 72 heavy (non-hydrogen) atoms. The van der Waals surface area contributed by atoms with Gasteiger partial charge in [0.2, 0.25) is 0 Å². The van der Waals surface area contributed by atoms with Crippen LogP contribution in [0.4, 0.5) is 0 Å². The van der Waals surface area contributed by atoms with E-state index in [0.29, 0.717) is 34.8 Å². The summed E-state index contributed by atoms with van der Waals surface area (Å²) in [5, 5.41) is 14.3. The smallest absolute Gasteiger partial charge is 0.338 e. The number of amides is 1. The zero-order valence-corrected chi connectivity index (χ0v) is 44.2. The second-order valence-corrected chi connectivity index (χ2v) is 26.1. The van der Waals surface area contributed by atoms with Crippen molar-refractivity contribution in [2.75, 3.05) is 6.61 Å². The number of benzene rings is 3. The highest BCUT2D eigenvalue weighted by Gasteiger charge is 2.79. The zero-order chi connectivity index (χ0) is 52.3. The van der Waals surface area contributed by atoms with Crippen LogP contribution in [0.15, 0.2) is 102 Å². The number of esters is 4. The number of ketones is 1. The van der Waals surface area contributed by atoms with Gasteiger partial charge in [-0.3, -0.25) is 19.2 Å². The standard InChI is InChI=1S/C56H69NO14Si/c1-12-72(13-2,14-3)71-40-30-41-55(32-65-41,69-35(6)59)46-48(68-50(62)38-28-22-17-23-29-38)56(64)31-39(33(4)42(52(56,7)8)44(66-34(5)58)47(60)54(40,46)11)67-51(63)45-43(36-24-18-15-19-25-36)57(53(9,10)70-45)49(61)37-26-20-16-21-27-37/h15-29,39-41,43-46,48,64H,12-14,30-32H2,1-11H3/t39-,40-,41?,43-,44+,45+,46-,48-,54+,55-,56+/m0/s1. The van der Waals surface area contributed by atoms with Gasteiger partial charge in [-0.2, -0.15) is 0 Å². The Morgan fingerprint density at radius 2 is 1.35 bits per heavy atom. The van der Waals surface area contributed by atoms with Gasteiger partial charge in [-0.15, -0.1) is 0 Å². The van der Waals surface area contributed by atoms with Crippen molar-refractivity contribution in [3.63, 3.8) is 0 Å². The number of fused-ring (bicyclic) bond motifs is 5. The molecule has 2 bridgehead atoms. The maximum Gasteiger partial charge on any atom is 0.338 e. The molecule has 5 aliphatic rings. The van der Waals surface area contributed by atoms with Crippen LogP contribution in [0.5, 0.6) is 0 Å². The molecule has 15 nitrogen and oxygen atoms in total. The molecule has 8 rings (SSSR count). The first-order chi connectivity index (χ1) is 34.0. The van der Waals surface area contributed by atoms with Gasteiger partial charge in [0.15, 0.2) is 31.9 Å². The van der Waals surface area contributed by atoms with Crippen molar-refractivity contribution in [2.24, 2.45) is 16.7 Å². The van der Waals surface area contributed by atoms with E-state index < -0.39 is 121 Å². The Hall–Kier alpha value is -5.52. The Morgan fingerprint density at radius 3 is 1.88 bits per heavy atom. The van der Waals surface area contributed by atoms with Crippen molar-refractivity contribution in [2.45, 2.75) is 167 Å². The van der Waals surface area contributed by atoms with Gasteiger partial charge >= 0.3 is 23.9 Å². The molecular weight excluding hydrogens is 939 g/mol. The van der Waals surface area contributed by atoms with Gasteiger partial charge in [-0.05, 0) is 86.8 Å². The predicted octanol–water partition coefficient (Wildman–Crippen LogP) is 8.25. The number of nitrogens with zero attached hydrogens (tertiary/aromatic N) is 1. The van der Waals surface area contributed by atoms with Crippen LogP contribution in [-0.2, 0) is 52.0 Å². The first-order valence-electron chi connectivity index (χ1n) is 25.2. The fourth-order valence-electron chi connectivity index (χ4n) is 12.8. The summed E-state index contributed by atoms with van der Waals surface area (Å²) in [7, 11) is -2.63. The number of carbonyl (C=O) groups excluding carboxylic acids is 6. The van der Waals surface area contributed by atoms with Crippen molar-refractivity contribution in [1.29, 1.82) is 0 Å². The molecule has 2 saturated heterocycles. The summed E-state index contributed by atoms with van der Waals surface area (Å²) in [5.74, 6) is -5.66. The normalized spacial score (nSPS) is 32.4. The lowest BCUT2D eigenvalue weighted by molar-refractivity contribution is -0.344. The summed E-state index contributed by atoms with van der Waals surface area (Å²) < 4.78 is 46.1. The van der Waals surface area contributed by atoms with Crippen molar-refractivity contribution in [1.82, 2.24) is 4.90 Å². The van der Waals surface area contributed by atoms with Crippen LogP contribution in [0.3, 0.4) is 0 Å². The van der Waals surface area contributed by atoms with E-state index in [9.17, 15) is 24.3 Å². The van der Waals surface area contributed by atoms with E-state index in [-0.39, 0.29) is 30.1 Å². The monoisotopic (exact) mass is 1010 g/mol. The van der Waals surface area contributed by atoms with E-state index in [1.54, 1.807) is 126 Å². The molecule has 2 aliphatic heterocycles. The van der Waals surface area contributed by atoms with E-state index in [1.807, 2.05) is 6.07 Å². The van der Waals surface area contributed by atoms with Gasteiger partial charge in [0.05, 0.1) is 35.6 Å². The number of carbonyl (C=O) groups is 6. The lowest BCUT2D eigenvalue weighted by Crippen LogP contribution is -2.82. The topological polar surface area (TPSA) is 190 Å². The molecule has 11 atom stereocenters. The van der Waals surface area contributed by atoms with Gasteiger partial charge in [0, 0.05) is 37.7 Å². The lowest BCUT2D eigenvalue weighted by Gasteiger charge is -2.68. The van der Waals surface area contributed by atoms with Crippen LogP contribution in [0.2, 0.25) is 18.1 Å². The molecule has 3 aromatic carbocycles. The van der Waals surface area contributed by atoms with E-state index >= 15 is 9.59 Å². The average Bonchev–Trinajstić information content (AvgIpc) is 3.64. The number of hydrogen-bond donors (Lipinski definition) is 1. The van der Waals surface area contributed by atoms with Gasteiger partial charge in [0.25, 0.3) is 5.91 Å². The van der Waals surface area contributed by atoms with Crippen LogP contribution in [-0.4, -0.2) is 114 Å². The molecule has 1 N–H and O–H groups in total.